The molecule has 0 unspecified atom stereocenters. The number of anilines is 1. The van der Waals surface area contributed by atoms with Crippen molar-refractivity contribution < 1.29 is 14.3 Å². The molecule has 5 rings (SSSR count). The van der Waals surface area contributed by atoms with Crippen molar-refractivity contribution in [1.82, 2.24) is 19.7 Å². The molecule has 36 heavy (non-hydrogen) atoms. The second kappa shape index (κ2) is 8.67. The second-order valence-corrected chi connectivity index (χ2v) is 9.93. The molecule has 0 radical (unpaired) electrons. The zero-order valence-electron chi connectivity index (χ0n) is 20.4. The molecule has 2 aromatic heterocycles. The van der Waals surface area contributed by atoms with Crippen LogP contribution >= 0.6 is 0 Å². The third-order valence-corrected chi connectivity index (χ3v) is 6.09. The van der Waals surface area contributed by atoms with Gasteiger partial charge in [0.05, 0.1) is 17.3 Å². The molecule has 9 nitrogen and oxygen atoms in total. The molecule has 1 aliphatic heterocycles. The summed E-state index contributed by atoms with van der Waals surface area (Å²) in [7, 11) is 0. The van der Waals surface area contributed by atoms with Gasteiger partial charge in [0.15, 0.2) is 0 Å². The third-order valence-electron chi connectivity index (χ3n) is 6.09. The summed E-state index contributed by atoms with van der Waals surface area (Å²) < 4.78 is 7.00. The van der Waals surface area contributed by atoms with Gasteiger partial charge in [-0.2, -0.15) is 5.10 Å². The first-order valence-corrected chi connectivity index (χ1v) is 11.7. The quantitative estimate of drug-likeness (QED) is 0.446. The smallest absolute Gasteiger partial charge is 0.410 e. The van der Waals surface area contributed by atoms with E-state index in [2.05, 4.69) is 5.10 Å². The highest BCUT2D eigenvalue weighted by atomic mass is 16.6. The number of hydrogen-bond acceptors (Lipinski definition) is 6. The van der Waals surface area contributed by atoms with Crippen molar-refractivity contribution in [2.75, 3.05) is 18.8 Å². The molecule has 0 atom stereocenters. The Morgan fingerprint density at radius 3 is 2.36 bits per heavy atom. The Morgan fingerprint density at radius 1 is 1.00 bits per heavy atom. The number of likely N-dealkylation sites (tertiary alicyclic amines) is 1. The van der Waals surface area contributed by atoms with Gasteiger partial charge in [-0.05, 0) is 32.9 Å². The number of fused-ring (bicyclic) bond motifs is 1. The van der Waals surface area contributed by atoms with Gasteiger partial charge in [0.1, 0.15) is 22.7 Å². The van der Waals surface area contributed by atoms with Crippen LogP contribution in [0.1, 0.15) is 37.2 Å². The molecule has 4 aromatic rings. The third kappa shape index (κ3) is 4.35. The lowest BCUT2D eigenvalue weighted by Gasteiger charge is -2.39. The number of nitrogens with zero attached hydrogens (tertiary/aromatic N) is 4. The van der Waals surface area contributed by atoms with Crippen LogP contribution in [0.5, 0.6) is 0 Å². The fraction of sp³-hybridized carbons (Fsp3) is 0.259. The van der Waals surface area contributed by atoms with Crippen LogP contribution in [-0.4, -0.2) is 50.4 Å². The van der Waals surface area contributed by atoms with Gasteiger partial charge in [-0.15, -0.1) is 0 Å². The van der Waals surface area contributed by atoms with E-state index < -0.39 is 17.6 Å². The highest BCUT2D eigenvalue weighted by molar-refractivity contribution is 6.04. The van der Waals surface area contributed by atoms with Crippen molar-refractivity contribution in [3.8, 4) is 22.5 Å². The number of pyridine rings is 1. The minimum atomic E-state index is -0.664. The van der Waals surface area contributed by atoms with Gasteiger partial charge in [0, 0.05) is 29.6 Å². The molecule has 9 heteroatoms. The van der Waals surface area contributed by atoms with Crippen molar-refractivity contribution in [3.05, 3.63) is 66.2 Å². The fourth-order valence-electron chi connectivity index (χ4n) is 4.29. The molecule has 1 fully saturated rings. The molecule has 184 valence electrons. The van der Waals surface area contributed by atoms with Gasteiger partial charge in [-0.25, -0.2) is 14.5 Å². The van der Waals surface area contributed by atoms with E-state index in [1.54, 1.807) is 9.58 Å². The molecule has 0 saturated carbocycles. The van der Waals surface area contributed by atoms with E-state index in [0.717, 1.165) is 22.2 Å². The predicted octanol–water partition coefficient (Wildman–Crippen LogP) is 4.24. The largest absolute Gasteiger partial charge is 0.444 e. The van der Waals surface area contributed by atoms with Crippen molar-refractivity contribution in [2.24, 2.45) is 5.73 Å². The Hall–Kier alpha value is -4.40. The van der Waals surface area contributed by atoms with E-state index in [1.807, 2.05) is 81.4 Å². The summed E-state index contributed by atoms with van der Waals surface area (Å²) in [5.41, 5.74) is 15.3. The molecule has 1 saturated heterocycles. The summed E-state index contributed by atoms with van der Waals surface area (Å²) in [5, 5.41) is 5.62. The fourth-order valence-corrected chi connectivity index (χ4v) is 4.29. The van der Waals surface area contributed by atoms with E-state index in [-0.39, 0.29) is 17.4 Å². The van der Waals surface area contributed by atoms with Crippen LogP contribution in [0.2, 0.25) is 0 Å². The van der Waals surface area contributed by atoms with E-state index in [4.69, 9.17) is 21.2 Å². The molecule has 0 spiro atoms. The number of carbonyl (C=O) groups is 2. The van der Waals surface area contributed by atoms with Crippen LogP contribution in [0, 0.1) is 0 Å². The van der Waals surface area contributed by atoms with Crippen molar-refractivity contribution in [3.63, 3.8) is 0 Å². The van der Waals surface area contributed by atoms with Crippen LogP contribution < -0.4 is 11.5 Å². The highest BCUT2D eigenvalue weighted by Gasteiger charge is 2.37. The summed E-state index contributed by atoms with van der Waals surface area (Å²) in [4.78, 5) is 31.1. The van der Waals surface area contributed by atoms with E-state index >= 15 is 0 Å². The van der Waals surface area contributed by atoms with Gasteiger partial charge in [-0.3, -0.25) is 4.79 Å². The summed E-state index contributed by atoms with van der Waals surface area (Å²) in [6.07, 6.45) is -0.394. The Morgan fingerprint density at radius 2 is 1.69 bits per heavy atom. The van der Waals surface area contributed by atoms with Crippen molar-refractivity contribution >= 4 is 28.7 Å². The molecule has 1 aliphatic rings. The number of carbonyl (C=O) groups excluding carboxylic acids is 2. The van der Waals surface area contributed by atoms with Gasteiger partial charge in [0.25, 0.3) is 5.91 Å². The summed E-state index contributed by atoms with van der Waals surface area (Å²) in [5.74, 6) is -0.486. The summed E-state index contributed by atoms with van der Waals surface area (Å²) >= 11 is 0. The molecular formula is C27H28N6O3. The van der Waals surface area contributed by atoms with Crippen molar-refractivity contribution in [1.29, 1.82) is 0 Å². The summed E-state index contributed by atoms with van der Waals surface area (Å²) in [6.45, 7) is 6.21. The maximum atomic E-state index is 12.4. The van der Waals surface area contributed by atoms with E-state index in [1.165, 1.54) is 0 Å². The first-order chi connectivity index (χ1) is 17.1. The molecule has 3 heterocycles. The lowest BCUT2D eigenvalue weighted by atomic mass is 10.0. The zero-order valence-corrected chi connectivity index (χ0v) is 20.4. The SMILES string of the molecule is CC(C)(C)OC(=O)N1CC(n2nc(-c3ccc4ccc(-c5ccccc5)nc4c3)c(C(N)=O)c2N)C1. The van der Waals surface area contributed by atoms with E-state index in [0.29, 0.717) is 24.3 Å². The number of benzene rings is 2. The first kappa shape index (κ1) is 23.3. The zero-order chi connectivity index (χ0) is 25.6. The number of nitrogen functional groups attached to an aromatic ring is 1. The van der Waals surface area contributed by atoms with Crippen molar-refractivity contribution in [2.45, 2.75) is 32.4 Å². The maximum Gasteiger partial charge on any atom is 0.410 e. The number of nitrogens with two attached hydrogens (primary N) is 2. The van der Waals surface area contributed by atoms with Crippen LogP contribution in [-0.2, 0) is 4.74 Å². The molecule has 2 amide bonds. The number of ether oxygens (including phenoxy) is 1. The summed E-state index contributed by atoms with van der Waals surface area (Å²) in [6, 6.07) is 19.4. The number of aromatic nitrogens is 3. The monoisotopic (exact) mass is 484 g/mol. The Labute approximate surface area is 208 Å². The van der Waals surface area contributed by atoms with Crippen LogP contribution in [0.4, 0.5) is 10.6 Å². The van der Waals surface area contributed by atoms with E-state index in [9.17, 15) is 9.59 Å². The Kier molecular flexibility index (Phi) is 5.62. The van der Waals surface area contributed by atoms with Gasteiger partial charge in [-0.1, -0.05) is 48.5 Å². The average Bonchev–Trinajstić information content (AvgIpc) is 3.14. The Balaban J connectivity index is 1.47. The molecule has 0 aliphatic carbocycles. The van der Waals surface area contributed by atoms with Gasteiger partial charge >= 0.3 is 6.09 Å². The molecule has 0 bridgehead atoms. The minimum Gasteiger partial charge on any atom is -0.444 e. The number of amides is 2. The lowest BCUT2D eigenvalue weighted by Crippen LogP contribution is -2.52. The van der Waals surface area contributed by atoms with Crippen LogP contribution in [0.15, 0.2) is 60.7 Å². The Bertz CT molecular complexity index is 1470. The average molecular weight is 485 g/mol. The number of rotatable bonds is 4. The molecule has 4 N–H and O–H groups in total. The van der Waals surface area contributed by atoms with Crippen LogP contribution in [0.3, 0.4) is 0 Å². The number of primary amides is 1. The normalized spacial score (nSPS) is 14.0. The maximum absolute atomic E-state index is 12.4. The highest BCUT2D eigenvalue weighted by Crippen LogP contribution is 2.34. The number of hydrogen-bond donors (Lipinski definition) is 2. The van der Waals surface area contributed by atoms with Crippen LogP contribution in [0.25, 0.3) is 33.4 Å². The molecule has 2 aromatic carbocycles. The lowest BCUT2D eigenvalue weighted by molar-refractivity contribution is -0.000107. The topological polar surface area (TPSA) is 129 Å². The van der Waals surface area contributed by atoms with Gasteiger partial charge in [0.2, 0.25) is 0 Å². The molecular weight excluding hydrogens is 456 g/mol. The second-order valence-electron chi connectivity index (χ2n) is 9.93. The predicted molar refractivity (Wildman–Crippen MR) is 138 cm³/mol. The minimum absolute atomic E-state index is 0.157. The standard InChI is InChI=1S/C27H28N6O3/c1-27(2,3)36-26(35)32-14-19(15-32)33-24(28)22(25(29)34)23(31-33)18-10-9-17-11-12-20(30-21(17)13-18)16-7-5-4-6-8-16/h4-13,19H,14-15,28H2,1-3H3,(H2,29,34). The van der Waals surface area contributed by atoms with Gasteiger partial charge < -0.3 is 21.1 Å². The first-order valence-electron chi connectivity index (χ1n) is 11.7.